The maximum absolute atomic E-state index is 14.0. The number of halogens is 4. The summed E-state index contributed by atoms with van der Waals surface area (Å²) in [6.07, 6.45) is -0.712. The third kappa shape index (κ3) is 4.31. The summed E-state index contributed by atoms with van der Waals surface area (Å²) in [5.74, 6) is -0.470. The van der Waals surface area contributed by atoms with Crippen LogP contribution >= 0.6 is 0 Å². The van der Waals surface area contributed by atoms with Gasteiger partial charge in [0.15, 0.2) is 14.9 Å². The lowest BCUT2D eigenvalue weighted by Gasteiger charge is -2.37. The summed E-state index contributed by atoms with van der Waals surface area (Å²) in [6, 6.07) is 5.16. The Hall–Kier alpha value is -3.48. The van der Waals surface area contributed by atoms with Crippen LogP contribution in [0.25, 0.3) is 5.69 Å². The van der Waals surface area contributed by atoms with Gasteiger partial charge in [-0.1, -0.05) is 0 Å². The van der Waals surface area contributed by atoms with Crippen molar-refractivity contribution < 1.29 is 30.8 Å². The van der Waals surface area contributed by atoms with E-state index in [1.807, 2.05) is 0 Å². The third-order valence-electron chi connectivity index (χ3n) is 6.50. The van der Waals surface area contributed by atoms with E-state index in [2.05, 4.69) is 15.4 Å². The van der Waals surface area contributed by atoms with Gasteiger partial charge in [-0.15, -0.1) is 0 Å². The van der Waals surface area contributed by atoms with Gasteiger partial charge < -0.3 is 5.32 Å². The number of benzene rings is 1. The molecule has 1 atom stereocenters. The molecule has 190 valence electrons. The normalized spacial score (nSPS) is 19.0. The number of pyridine rings is 1. The van der Waals surface area contributed by atoms with Gasteiger partial charge in [0.1, 0.15) is 11.9 Å². The van der Waals surface area contributed by atoms with Gasteiger partial charge in [0.25, 0.3) is 0 Å². The van der Waals surface area contributed by atoms with E-state index >= 15 is 0 Å². The molecule has 5 rings (SSSR count). The number of carbonyl (C=O) groups is 1. The topological polar surface area (TPSA) is 97.2 Å². The highest BCUT2D eigenvalue weighted by atomic mass is 32.2. The van der Waals surface area contributed by atoms with Crippen molar-refractivity contribution in [1.82, 2.24) is 20.1 Å². The molecule has 2 aliphatic rings. The SMILES string of the molecule is CS(=O)(=O)c1cc(C2(NC(=O)N3c4cnn(-c5ccc(F)cc5)c4CCC3C(F)(F)F)CC2)ccn1. The van der Waals surface area contributed by atoms with Crippen molar-refractivity contribution in [2.24, 2.45) is 0 Å². The molecule has 1 saturated carbocycles. The van der Waals surface area contributed by atoms with Crippen LogP contribution in [0.1, 0.15) is 30.5 Å². The summed E-state index contributed by atoms with van der Waals surface area (Å²) >= 11 is 0. The molecule has 2 amide bonds. The summed E-state index contributed by atoms with van der Waals surface area (Å²) in [6.45, 7) is 0. The van der Waals surface area contributed by atoms with Gasteiger partial charge in [-0.2, -0.15) is 18.3 Å². The Morgan fingerprint density at radius 1 is 1.17 bits per heavy atom. The molecule has 0 radical (unpaired) electrons. The van der Waals surface area contributed by atoms with Gasteiger partial charge >= 0.3 is 12.2 Å². The van der Waals surface area contributed by atoms with Gasteiger partial charge in [0, 0.05) is 12.5 Å². The number of aromatic nitrogens is 3. The second-order valence-corrected chi connectivity index (χ2v) is 11.0. The van der Waals surface area contributed by atoms with Crippen molar-refractivity contribution in [3.63, 3.8) is 0 Å². The van der Waals surface area contributed by atoms with E-state index in [1.165, 1.54) is 53.5 Å². The Morgan fingerprint density at radius 3 is 2.47 bits per heavy atom. The average molecular weight is 524 g/mol. The Bertz CT molecular complexity index is 1430. The molecule has 0 spiro atoms. The number of urea groups is 1. The van der Waals surface area contributed by atoms with Crippen LogP contribution in [0.3, 0.4) is 0 Å². The molecular formula is C23H21F4N5O3S. The van der Waals surface area contributed by atoms with Crippen molar-refractivity contribution in [2.45, 2.75) is 48.5 Å². The molecule has 1 N–H and O–H groups in total. The van der Waals surface area contributed by atoms with Gasteiger partial charge in [-0.25, -0.2) is 27.3 Å². The minimum Gasteiger partial charge on any atom is -0.328 e. The predicted molar refractivity (Wildman–Crippen MR) is 121 cm³/mol. The number of anilines is 1. The lowest BCUT2D eigenvalue weighted by molar-refractivity contribution is -0.149. The lowest BCUT2D eigenvalue weighted by Crippen LogP contribution is -2.56. The molecule has 13 heteroatoms. The van der Waals surface area contributed by atoms with Crippen molar-refractivity contribution in [3.8, 4) is 5.69 Å². The summed E-state index contributed by atoms with van der Waals surface area (Å²) < 4.78 is 80.6. The van der Waals surface area contributed by atoms with Crippen LogP contribution in [0.4, 0.5) is 28.0 Å². The first-order chi connectivity index (χ1) is 16.9. The Labute approximate surface area is 203 Å². The van der Waals surface area contributed by atoms with Crippen LogP contribution < -0.4 is 10.2 Å². The fraction of sp³-hybridized carbons (Fsp3) is 0.348. The lowest BCUT2D eigenvalue weighted by atomic mass is 10.00. The number of amides is 2. The van der Waals surface area contributed by atoms with E-state index in [1.54, 1.807) is 0 Å². The van der Waals surface area contributed by atoms with E-state index in [0.29, 0.717) is 34.7 Å². The summed E-state index contributed by atoms with van der Waals surface area (Å²) in [4.78, 5) is 17.9. The molecular weight excluding hydrogens is 502 g/mol. The van der Waals surface area contributed by atoms with Crippen molar-refractivity contribution in [3.05, 3.63) is 65.9 Å². The molecule has 1 aliphatic heterocycles. The second-order valence-electron chi connectivity index (χ2n) is 9.00. The minimum atomic E-state index is -4.69. The summed E-state index contributed by atoms with van der Waals surface area (Å²) in [7, 11) is -3.62. The van der Waals surface area contributed by atoms with E-state index < -0.39 is 39.4 Å². The molecule has 8 nitrogen and oxygen atoms in total. The van der Waals surface area contributed by atoms with E-state index in [-0.39, 0.29) is 23.6 Å². The van der Waals surface area contributed by atoms with Gasteiger partial charge in [-0.05, 0) is 67.6 Å². The number of sulfone groups is 1. The van der Waals surface area contributed by atoms with Gasteiger partial charge in [-0.3, -0.25) is 4.90 Å². The molecule has 0 bridgehead atoms. The molecule has 3 heterocycles. The second kappa shape index (κ2) is 8.29. The quantitative estimate of drug-likeness (QED) is 0.524. The highest BCUT2D eigenvalue weighted by Gasteiger charge is 2.52. The molecule has 1 aromatic carbocycles. The maximum Gasteiger partial charge on any atom is 0.409 e. The van der Waals surface area contributed by atoms with Crippen LogP contribution in [0.15, 0.2) is 53.8 Å². The summed E-state index contributed by atoms with van der Waals surface area (Å²) in [5.41, 5.74) is 0.305. The Balaban J connectivity index is 1.50. The van der Waals surface area contributed by atoms with Crippen molar-refractivity contribution in [2.75, 3.05) is 11.2 Å². The number of carbonyl (C=O) groups excluding carboxylic acids is 1. The smallest absolute Gasteiger partial charge is 0.328 e. The van der Waals surface area contributed by atoms with E-state index in [0.717, 1.165) is 6.26 Å². The zero-order valence-electron chi connectivity index (χ0n) is 19.0. The van der Waals surface area contributed by atoms with Gasteiger partial charge in [0.2, 0.25) is 0 Å². The monoisotopic (exact) mass is 523 g/mol. The highest BCUT2D eigenvalue weighted by molar-refractivity contribution is 7.90. The molecule has 1 unspecified atom stereocenters. The Kier molecular flexibility index (Phi) is 5.58. The zero-order valence-corrected chi connectivity index (χ0v) is 19.8. The van der Waals surface area contributed by atoms with Crippen LogP contribution in [-0.4, -0.2) is 47.7 Å². The number of nitrogens with one attached hydrogen (secondary N) is 1. The largest absolute Gasteiger partial charge is 0.409 e. The number of nitrogens with zero attached hydrogens (tertiary/aromatic N) is 4. The van der Waals surface area contributed by atoms with Crippen LogP contribution in [0.5, 0.6) is 0 Å². The third-order valence-corrected chi connectivity index (χ3v) is 7.49. The predicted octanol–water partition coefficient (Wildman–Crippen LogP) is 3.89. The summed E-state index contributed by atoms with van der Waals surface area (Å²) in [5, 5.41) is 6.71. The Morgan fingerprint density at radius 2 is 1.86 bits per heavy atom. The first-order valence-electron chi connectivity index (χ1n) is 11.1. The number of fused-ring (bicyclic) bond motifs is 1. The molecule has 3 aromatic rings. The van der Waals surface area contributed by atoms with Gasteiger partial charge in [0.05, 0.1) is 28.8 Å². The first-order valence-corrected chi connectivity index (χ1v) is 13.0. The van der Waals surface area contributed by atoms with E-state index in [4.69, 9.17) is 0 Å². The standard InChI is InChI=1S/C23H21F4N5O3S/c1-36(34,35)20-12-14(8-11-28-20)22(9-10-22)30-21(33)31-18-13-29-32(16-4-2-15(24)3-5-16)17(18)6-7-19(31)23(25,26)27/h2-5,8,11-13,19H,6-7,9-10H2,1H3,(H,30,33). The fourth-order valence-corrected chi connectivity index (χ4v) is 5.12. The number of hydrogen-bond acceptors (Lipinski definition) is 5. The molecule has 2 aromatic heterocycles. The van der Waals surface area contributed by atoms with Crippen molar-refractivity contribution >= 4 is 21.6 Å². The first kappa shape index (κ1) is 24.2. The number of hydrogen-bond donors (Lipinski definition) is 1. The van der Waals surface area contributed by atoms with Crippen LogP contribution in [0.2, 0.25) is 0 Å². The van der Waals surface area contributed by atoms with Crippen molar-refractivity contribution in [1.29, 1.82) is 0 Å². The van der Waals surface area contributed by atoms with Crippen LogP contribution in [-0.2, 0) is 21.8 Å². The number of alkyl halides is 3. The molecule has 0 saturated heterocycles. The zero-order chi connectivity index (χ0) is 25.9. The highest BCUT2D eigenvalue weighted by Crippen LogP contribution is 2.47. The molecule has 1 aliphatic carbocycles. The fourth-order valence-electron chi connectivity index (χ4n) is 4.52. The maximum atomic E-state index is 14.0. The average Bonchev–Trinajstić information content (AvgIpc) is 3.47. The minimum absolute atomic E-state index is 0.00718. The molecule has 1 fully saturated rings. The van der Waals surface area contributed by atoms with E-state index in [9.17, 15) is 30.8 Å². The number of rotatable bonds is 4. The van der Waals surface area contributed by atoms with Crippen LogP contribution in [0, 0.1) is 5.82 Å². The molecule has 36 heavy (non-hydrogen) atoms.